The lowest BCUT2D eigenvalue weighted by Crippen LogP contribution is -2.59. The first-order valence-electron chi connectivity index (χ1n) is 8.65. The van der Waals surface area contributed by atoms with Crippen molar-refractivity contribution < 1.29 is 29.4 Å². The van der Waals surface area contributed by atoms with Crippen LogP contribution in [-0.4, -0.2) is 64.7 Å². The summed E-state index contributed by atoms with van der Waals surface area (Å²) in [6.07, 6.45) is -1.09. The third kappa shape index (κ3) is 7.33. The molecule has 0 bridgehead atoms. The number of amides is 4. The molecule has 0 saturated heterocycles. The Hall–Kier alpha value is -2.98. The second kappa shape index (κ2) is 11.0. The van der Waals surface area contributed by atoms with Gasteiger partial charge in [0.2, 0.25) is 23.6 Å². The first-order valence-corrected chi connectivity index (χ1v) is 8.65. The maximum Gasteiger partial charge on any atom is 0.245 e. The molecule has 0 heterocycles. The third-order valence-corrected chi connectivity index (χ3v) is 3.88. The van der Waals surface area contributed by atoms with E-state index in [1.165, 1.54) is 13.8 Å². The zero-order chi connectivity index (χ0) is 21.3. The minimum atomic E-state index is -1.40. The fourth-order valence-corrected chi connectivity index (χ4v) is 2.45. The highest BCUT2D eigenvalue weighted by Gasteiger charge is 2.30. The highest BCUT2D eigenvalue weighted by Crippen LogP contribution is 2.04. The molecule has 0 aliphatic rings. The smallest absolute Gasteiger partial charge is 0.245 e. The van der Waals surface area contributed by atoms with E-state index >= 15 is 0 Å². The van der Waals surface area contributed by atoms with E-state index in [0.717, 1.165) is 5.56 Å². The van der Waals surface area contributed by atoms with Crippen LogP contribution >= 0.6 is 0 Å². The molecule has 1 aromatic rings. The summed E-state index contributed by atoms with van der Waals surface area (Å²) in [7, 11) is 0. The van der Waals surface area contributed by atoms with Crippen LogP contribution in [0, 0.1) is 0 Å². The maximum absolute atomic E-state index is 12.6. The van der Waals surface area contributed by atoms with Crippen molar-refractivity contribution in [2.75, 3.05) is 6.61 Å². The maximum atomic E-state index is 12.6. The zero-order valence-corrected chi connectivity index (χ0v) is 15.7. The lowest BCUT2D eigenvalue weighted by atomic mass is 10.0. The van der Waals surface area contributed by atoms with E-state index in [2.05, 4.69) is 16.0 Å². The van der Waals surface area contributed by atoms with E-state index in [-0.39, 0.29) is 6.42 Å². The predicted molar refractivity (Wildman–Crippen MR) is 99.6 cm³/mol. The molecule has 0 aliphatic carbocycles. The Balaban J connectivity index is 2.85. The molecule has 0 aliphatic heterocycles. The summed E-state index contributed by atoms with van der Waals surface area (Å²) in [6, 6.07) is 5.15. The van der Waals surface area contributed by atoms with Gasteiger partial charge in [0, 0.05) is 13.3 Å². The summed E-state index contributed by atoms with van der Waals surface area (Å²) in [6.45, 7) is 1.75. The quantitative estimate of drug-likeness (QED) is 0.257. The van der Waals surface area contributed by atoms with Crippen molar-refractivity contribution in [1.82, 2.24) is 16.0 Å². The number of aliphatic hydroxyl groups excluding tert-OH is 2. The summed E-state index contributed by atoms with van der Waals surface area (Å²) in [5, 5.41) is 26.0. The standard InChI is InChI=1S/C18H26N4O6/c1-10(24)15(16(19)26)22-18(28)14(9-23)21-17(27)13(20-11(2)25)8-12-6-4-3-5-7-12/h3-7,10,13-15,23-24H,8-9H2,1-2H3,(H2,19,26)(H,20,25)(H,21,27)(H,22,28)/t10-,13+,14+,15+/m1/s1. The average molecular weight is 394 g/mol. The summed E-state index contributed by atoms with van der Waals surface area (Å²) < 4.78 is 0. The Morgan fingerprint density at radius 1 is 1.00 bits per heavy atom. The molecule has 0 spiro atoms. The van der Waals surface area contributed by atoms with Gasteiger partial charge in [-0.25, -0.2) is 0 Å². The van der Waals surface area contributed by atoms with Gasteiger partial charge >= 0.3 is 0 Å². The molecule has 4 atom stereocenters. The molecule has 0 aromatic heterocycles. The molecular weight excluding hydrogens is 368 g/mol. The predicted octanol–water partition coefficient (Wildman–Crippen LogP) is -2.44. The number of aliphatic hydroxyl groups is 2. The molecule has 10 heteroatoms. The van der Waals surface area contributed by atoms with Gasteiger partial charge < -0.3 is 31.9 Å². The lowest BCUT2D eigenvalue weighted by molar-refractivity contribution is -0.134. The number of hydrogen-bond acceptors (Lipinski definition) is 6. The number of carbonyl (C=O) groups is 4. The molecule has 0 fully saturated rings. The minimum absolute atomic E-state index is 0.170. The normalized spacial score (nSPS) is 14.9. The van der Waals surface area contributed by atoms with Gasteiger partial charge in [0.05, 0.1) is 12.7 Å². The number of nitrogens with one attached hydrogen (secondary N) is 3. The van der Waals surface area contributed by atoms with Crippen LogP contribution in [0.1, 0.15) is 19.4 Å². The van der Waals surface area contributed by atoms with Crippen molar-refractivity contribution in [2.45, 2.75) is 44.5 Å². The number of benzene rings is 1. The highest BCUT2D eigenvalue weighted by atomic mass is 16.3. The molecule has 0 saturated carbocycles. The number of primary amides is 1. The third-order valence-electron chi connectivity index (χ3n) is 3.88. The fourth-order valence-electron chi connectivity index (χ4n) is 2.45. The van der Waals surface area contributed by atoms with Crippen LogP contribution in [0.4, 0.5) is 0 Å². The Labute approximate surface area is 162 Å². The van der Waals surface area contributed by atoms with Gasteiger partial charge in [0.25, 0.3) is 0 Å². The number of hydrogen-bond donors (Lipinski definition) is 6. The zero-order valence-electron chi connectivity index (χ0n) is 15.7. The summed E-state index contributed by atoms with van der Waals surface area (Å²) in [4.78, 5) is 47.5. The minimum Gasteiger partial charge on any atom is -0.394 e. The van der Waals surface area contributed by atoms with E-state index in [1.54, 1.807) is 30.3 Å². The number of carbonyl (C=O) groups excluding carboxylic acids is 4. The second-order valence-corrected chi connectivity index (χ2v) is 6.32. The van der Waals surface area contributed by atoms with Gasteiger partial charge in [-0.3, -0.25) is 19.2 Å². The monoisotopic (exact) mass is 394 g/mol. The lowest BCUT2D eigenvalue weighted by Gasteiger charge is -2.24. The Kier molecular flexibility index (Phi) is 9.06. The van der Waals surface area contributed by atoms with Gasteiger partial charge in [0.15, 0.2) is 0 Å². The van der Waals surface area contributed by atoms with Crippen molar-refractivity contribution in [3.8, 4) is 0 Å². The molecule has 154 valence electrons. The molecule has 4 amide bonds. The van der Waals surface area contributed by atoms with Crippen molar-refractivity contribution in [3.05, 3.63) is 35.9 Å². The van der Waals surface area contributed by atoms with E-state index in [0.29, 0.717) is 0 Å². The largest absolute Gasteiger partial charge is 0.394 e. The van der Waals surface area contributed by atoms with Crippen LogP contribution in [0.15, 0.2) is 30.3 Å². The fraction of sp³-hybridized carbons (Fsp3) is 0.444. The Morgan fingerprint density at radius 2 is 1.57 bits per heavy atom. The molecule has 1 rings (SSSR count). The van der Waals surface area contributed by atoms with E-state index < -0.39 is 54.5 Å². The molecule has 10 nitrogen and oxygen atoms in total. The van der Waals surface area contributed by atoms with Crippen LogP contribution in [0.2, 0.25) is 0 Å². The second-order valence-electron chi connectivity index (χ2n) is 6.32. The Bertz CT molecular complexity index is 695. The molecule has 28 heavy (non-hydrogen) atoms. The van der Waals surface area contributed by atoms with Gasteiger partial charge in [-0.05, 0) is 12.5 Å². The van der Waals surface area contributed by atoms with Crippen LogP contribution in [-0.2, 0) is 25.6 Å². The number of rotatable bonds is 10. The highest BCUT2D eigenvalue weighted by molar-refractivity contribution is 5.94. The van der Waals surface area contributed by atoms with Gasteiger partial charge in [-0.15, -0.1) is 0 Å². The van der Waals surface area contributed by atoms with Gasteiger partial charge in [0.1, 0.15) is 18.1 Å². The summed E-state index contributed by atoms with van der Waals surface area (Å²) in [5.74, 6) is -3.00. The van der Waals surface area contributed by atoms with E-state index in [4.69, 9.17) is 5.73 Å². The van der Waals surface area contributed by atoms with Crippen molar-refractivity contribution in [3.63, 3.8) is 0 Å². The van der Waals surface area contributed by atoms with Crippen LogP contribution in [0.3, 0.4) is 0 Å². The molecule has 7 N–H and O–H groups in total. The van der Waals surface area contributed by atoms with Crippen molar-refractivity contribution in [2.24, 2.45) is 5.73 Å². The summed E-state index contributed by atoms with van der Waals surface area (Å²) in [5.41, 5.74) is 5.89. The first-order chi connectivity index (χ1) is 13.1. The van der Waals surface area contributed by atoms with Gasteiger partial charge in [-0.2, -0.15) is 0 Å². The van der Waals surface area contributed by atoms with E-state index in [1.807, 2.05) is 0 Å². The van der Waals surface area contributed by atoms with E-state index in [9.17, 15) is 29.4 Å². The number of nitrogens with two attached hydrogens (primary N) is 1. The van der Waals surface area contributed by atoms with Gasteiger partial charge in [-0.1, -0.05) is 30.3 Å². The van der Waals surface area contributed by atoms with Crippen molar-refractivity contribution >= 4 is 23.6 Å². The summed E-state index contributed by atoms with van der Waals surface area (Å²) >= 11 is 0. The average Bonchev–Trinajstić information content (AvgIpc) is 2.63. The molecule has 1 aromatic carbocycles. The topological polar surface area (TPSA) is 171 Å². The SMILES string of the molecule is CC(=O)N[C@@H](Cc1ccccc1)C(=O)N[C@@H](CO)C(=O)N[C@H](C(N)=O)[C@@H](C)O. The molecular formula is C18H26N4O6. The van der Waals surface area contributed by atoms with Crippen LogP contribution in [0.5, 0.6) is 0 Å². The first kappa shape index (κ1) is 23.1. The van der Waals surface area contributed by atoms with Crippen molar-refractivity contribution in [1.29, 1.82) is 0 Å². The molecule has 0 unspecified atom stereocenters. The van der Waals surface area contributed by atoms with Crippen LogP contribution in [0.25, 0.3) is 0 Å². The van der Waals surface area contributed by atoms with Crippen LogP contribution < -0.4 is 21.7 Å². The molecule has 0 radical (unpaired) electrons. The Morgan fingerprint density at radius 3 is 2.04 bits per heavy atom.